The number of nitrogens with two attached hydrogens (primary N) is 1. The second-order valence-electron chi connectivity index (χ2n) is 6.66. The molecular weight excluding hydrogens is 303 g/mol. The van der Waals surface area contributed by atoms with Crippen LogP contribution in [0, 0.1) is 5.82 Å². The van der Waals surface area contributed by atoms with Gasteiger partial charge in [0.25, 0.3) is 0 Å². The minimum atomic E-state index is -0.194. The van der Waals surface area contributed by atoms with E-state index in [0.29, 0.717) is 12.0 Å². The summed E-state index contributed by atoms with van der Waals surface area (Å²) < 4.78 is 13.0. The molecule has 5 heteroatoms. The molecule has 2 aromatic rings. The van der Waals surface area contributed by atoms with E-state index < -0.39 is 0 Å². The summed E-state index contributed by atoms with van der Waals surface area (Å²) in [5, 5.41) is 0. The zero-order chi connectivity index (χ0) is 16.5. The number of rotatable bonds is 3. The molecule has 0 spiro atoms. The van der Waals surface area contributed by atoms with Crippen LogP contribution in [0.2, 0.25) is 0 Å². The summed E-state index contributed by atoms with van der Waals surface area (Å²) in [7, 11) is 0. The van der Waals surface area contributed by atoms with E-state index in [0.717, 1.165) is 49.4 Å². The highest BCUT2D eigenvalue weighted by molar-refractivity contribution is 5.68. The van der Waals surface area contributed by atoms with Crippen LogP contribution in [0.3, 0.4) is 0 Å². The number of nitrogens with zero attached hydrogens (tertiary/aromatic N) is 3. The topological polar surface area (TPSA) is 55.0 Å². The third-order valence-corrected chi connectivity index (χ3v) is 5.01. The van der Waals surface area contributed by atoms with Gasteiger partial charge in [-0.05, 0) is 42.5 Å². The Morgan fingerprint density at radius 1 is 1.12 bits per heavy atom. The molecule has 0 unspecified atom stereocenters. The molecule has 1 fully saturated rings. The van der Waals surface area contributed by atoms with Gasteiger partial charge in [0.05, 0.1) is 0 Å². The van der Waals surface area contributed by atoms with Crippen molar-refractivity contribution in [2.45, 2.75) is 31.2 Å². The van der Waals surface area contributed by atoms with Gasteiger partial charge < -0.3 is 10.6 Å². The van der Waals surface area contributed by atoms with Crippen molar-refractivity contribution in [1.29, 1.82) is 0 Å². The van der Waals surface area contributed by atoms with Crippen LogP contribution in [0.25, 0.3) is 5.57 Å². The standard InChI is InChI=1S/C19H21FN4/c20-16-3-1-13(2-4-16)14-5-7-24(8-6-14)19-11-18(22-12-23-19)15-9-17(21)10-15/h1-5,11-12,15,17H,6-10,21H2. The van der Waals surface area contributed by atoms with Crippen LogP contribution in [-0.2, 0) is 0 Å². The van der Waals surface area contributed by atoms with Crippen molar-refractivity contribution in [3.05, 3.63) is 59.8 Å². The van der Waals surface area contributed by atoms with E-state index in [2.05, 4.69) is 27.0 Å². The number of anilines is 1. The number of benzene rings is 1. The minimum Gasteiger partial charge on any atom is -0.352 e. The summed E-state index contributed by atoms with van der Waals surface area (Å²) in [6.45, 7) is 1.72. The Labute approximate surface area is 141 Å². The zero-order valence-electron chi connectivity index (χ0n) is 13.5. The van der Waals surface area contributed by atoms with E-state index in [9.17, 15) is 4.39 Å². The number of aromatic nitrogens is 2. The average Bonchev–Trinajstić information content (AvgIpc) is 2.60. The molecule has 0 amide bonds. The molecule has 2 N–H and O–H groups in total. The molecule has 1 aromatic carbocycles. The maximum Gasteiger partial charge on any atom is 0.132 e. The maximum absolute atomic E-state index is 13.0. The largest absolute Gasteiger partial charge is 0.352 e. The van der Waals surface area contributed by atoms with Gasteiger partial charge in [-0.2, -0.15) is 0 Å². The Morgan fingerprint density at radius 3 is 2.58 bits per heavy atom. The van der Waals surface area contributed by atoms with E-state index in [1.807, 2.05) is 12.1 Å². The third-order valence-electron chi connectivity index (χ3n) is 5.01. The normalized spacial score (nSPS) is 23.6. The quantitative estimate of drug-likeness (QED) is 0.942. The molecular formula is C19H21FN4. The predicted octanol–water partition coefficient (Wildman–Crippen LogP) is 3.11. The van der Waals surface area contributed by atoms with Crippen LogP contribution < -0.4 is 10.6 Å². The van der Waals surface area contributed by atoms with Gasteiger partial charge in [-0.3, -0.25) is 0 Å². The van der Waals surface area contributed by atoms with Crippen LogP contribution in [0.1, 0.15) is 36.4 Å². The summed E-state index contributed by atoms with van der Waals surface area (Å²) in [5.41, 5.74) is 9.36. The highest BCUT2D eigenvalue weighted by Crippen LogP contribution is 2.35. The van der Waals surface area contributed by atoms with Gasteiger partial charge in [0.1, 0.15) is 18.0 Å². The van der Waals surface area contributed by atoms with Crippen LogP contribution in [0.15, 0.2) is 42.7 Å². The Hall–Kier alpha value is -2.27. The monoisotopic (exact) mass is 324 g/mol. The van der Waals surface area contributed by atoms with Crippen LogP contribution >= 0.6 is 0 Å². The lowest BCUT2D eigenvalue weighted by molar-refractivity contribution is 0.345. The summed E-state index contributed by atoms with van der Waals surface area (Å²) in [5.74, 6) is 1.27. The first-order chi connectivity index (χ1) is 11.7. The smallest absolute Gasteiger partial charge is 0.132 e. The fourth-order valence-corrected chi connectivity index (χ4v) is 3.46. The van der Waals surface area contributed by atoms with Gasteiger partial charge in [-0.25, -0.2) is 14.4 Å². The predicted molar refractivity (Wildman–Crippen MR) is 93.2 cm³/mol. The second kappa shape index (κ2) is 6.32. The molecule has 1 saturated carbocycles. The van der Waals surface area contributed by atoms with E-state index in [1.54, 1.807) is 6.33 Å². The fraction of sp³-hybridized carbons (Fsp3) is 0.368. The van der Waals surface area contributed by atoms with Crippen molar-refractivity contribution < 1.29 is 4.39 Å². The lowest BCUT2D eigenvalue weighted by Gasteiger charge is -2.33. The lowest BCUT2D eigenvalue weighted by Crippen LogP contribution is -2.35. The first-order valence-electron chi connectivity index (χ1n) is 8.46. The molecule has 0 atom stereocenters. The fourth-order valence-electron chi connectivity index (χ4n) is 3.46. The highest BCUT2D eigenvalue weighted by atomic mass is 19.1. The van der Waals surface area contributed by atoms with Crippen molar-refractivity contribution in [3.8, 4) is 0 Å². The first kappa shape index (κ1) is 15.3. The number of hydrogen-bond acceptors (Lipinski definition) is 4. The Morgan fingerprint density at radius 2 is 1.92 bits per heavy atom. The molecule has 2 aliphatic rings. The van der Waals surface area contributed by atoms with Crippen LogP contribution in [-0.4, -0.2) is 29.1 Å². The molecule has 24 heavy (non-hydrogen) atoms. The Balaban J connectivity index is 1.47. The van der Waals surface area contributed by atoms with Gasteiger partial charge in [-0.1, -0.05) is 18.2 Å². The summed E-state index contributed by atoms with van der Waals surface area (Å²) in [6.07, 6.45) is 6.83. The van der Waals surface area contributed by atoms with Crippen molar-refractivity contribution in [2.24, 2.45) is 5.73 Å². The maximum atomic E-state index is 13.0. The molecule has 1 aliphatic heterocycles. The number of hydrogen-bond donors (Lipinski definition) is 1. The molecule has 1 aromatic heterocycles. The SMILES string of the molecule is NC1CC(c2cc(N3CC=C(c4ccc(F)cc4)CC3)ncn2)C1. The van der Waals surface area contributed by atoms with E-state index in [-0.39, 0.29) is 5.82 Å². The van der Waals surface area contributed by atoms with Gasteiger partial charge >= 0.3 is 0 Å². The van der Waals surface area contributed by atoms with Crippen LogP contribution in [0.4, 0.5) is 10.2 Å². The molecule has 4 nitrogen and oxygen atoms in total. The second-order valence-corrected chi connectivity index (χ2v) is 6.66. The van der Waals surface area contributed by atoms with Crippen molar-refractivity contribution in [2.75, 3.05) is 18.0 Å². The van der Waals surface area contributed by atoms with E-state index >= 15 is 0 Å². The Bertz CT molecular complexity index is 750. The summed E-state index contributed by atoms with van der Waals surface area (Å²) in [4.78, 5) is 11.1. The van der Waals surface area contributed by atoms with Gasteiger partial charge in [0.15, 0.2) is 0 Å². The molecule has 124 valence electrons. The van der Waals surface area contributed by atoms with Gasteiger partial charge in [-0.15, -0.1) is 0 Å². The molecule has 0 saturated heterocycles. The third kappa shape index (κ3) is 3.04. The first-order valence-corrected chi connectivity index (χ1v) is 8.46. The van der Waals surface area contributed by atoms with Crippen molar-refractivity contribution in [3.63, 3.8) is 0 Å². The molecule has 0 bridgehead atoms. The lowest BCUT2D eigenvalue weighted by atomic mass is 9.78. The number of halogens is 1. The molecule has 0 radical (unpaired) electrons. The molecule has 2 heterocycles. The molecule has 4 rings (SSSR count). The molecule has 1 aliphatic carbocycles. The van der Waals surface area contributed by atoms with Crippen molar-refractivity contribution in [1.82, 2.24) is 9.97 Å². The van der Waals surface area contributed by atoms with E-state index in [4.69, 9.17) is 5.73 Å². The highest BCUT2D eigenvalue weighted by Gasteiger charge is 2.29. The Kier molecular flexibility index (Phi) is 4.02. The van der Waals surface area contributed by atoms with Gasteiger partial charge in [0.2, 0.25) is 0 Å². The van der Waals surface area contributed by atoms with Crippen LogP contribution in [0.5, 0.6) is 0 Å². The average molecular weight is 324 g/mol. The summed E-state index contributed by atoms with van der Waals surface area (Å²) in [6, 6.07) is 9.15. The van der Waals surface area contributed by atoms with Crippen molar-refractivity contribution >= 4 is 11.4 Å². The summed E-state index contributed by atoms with van der Waals surface area (Å²) >= 11 is 0. The van der Waals surface area contributed by atoms with E-state index in [1.165, 1.54) is 17.7 Å². The zero-order valence-corrected chi connectivity index (χ0v) is 13.5. The minimum absolute atomic E-state index is 0.194. The van der Waals surface area contributed by atoms with Gasteiger partial charge in [0, 0.05) is 36.8 Å².